The molecule has 0 spiro atoms. The van der Waals surface area contributed by atoms with Crippen molar-refractivity contribution >= 4 is 12.1 Å². The molecule has 0 radical (unpaired) electrons. The number of carbonyl (C=O) groups is 2. The van der Waals surface area contributed by atoms with Crippen LogP contribution in [0.3, 0.4) is 0 Å². The number of esters is 1. The molecule has 128 valence electrons. The van der Waals surface area contributed by atoms with Crippen LogP contribution < -0.4 is 0 Å². The Morgan fingerprint density at radius 1 is 1.43 bits per heavy atom. The number of carboxylic acid groups (broad SMARTS) is 1. The summed E-state index contributed by atoms with van der Waals surface area (Å²) >= 11 is 0. The molecule has 1 aliphatic rings. The molecule has 0 saturated carbocycles. The Balaban J connectivity index is 2.25. The summed E-state index contributed by atoms with van der Waals surface area (Å²) in [5.74, 6) is -0.453. The molecule has 2 heterocycles. The third-order valence-corrected chi connectivity index (χ3v) is 4.23. The van der Waals surface area contributed by atoms with Crippen molar-refractivity contribution in [2.75, 3.05) is 13.2 Å². The monoisotopic (exact) mass is 324 g/mol. The van der Waals surface area contributed by atoms with Gasteiger partial charge in [0.25, 0.3) is 0 Å². The first-order valence-corrected chi connectivity index (χ1v) is 7.82. The molecule has 0 aromatic carbocycles. The van der Waals surface area contributed by atoms with Gasteiger partial charge in [-0.3, -0.25) is 0 Å². The van der Waals surface area contributed by atoms with Gasteiger partial charge < -0.3 is 14.7 Å². The van der Waals surface area contributed by atoms with Gasteiger partial charge in [0.15, 0.2) is 5.69 Å². The lowest BCUT2D eigenvalue weighted by Crippen LogP contribution is -2.52. The number of carbonyl (C=O) groups excluding carboxylic acids is 1. The fourth-order valence-corrected chi connectivity index (χ4v) is 3.08. The molecule has 1 fully saturated rings. The Morgan fingerprint density at radius 2 is 2.13 bits per heavy atom. The number of piperidine rings is 1. The van der Waals surface area contributed by atoms with Crippen LogP contribution in [0, 0.1) is 5.41 Å². The molecule has 1 amide bonds. The fraction of sp³-hybridized carbons (Fsp3) is 0.733. The number of hydrogen-bond acceptors (Lipinski definition) is 5. The van der Waals surface area contributed by atoms with Gasteiger partial charge in [-0.05, 0) is 25.2 Å². The summed E-state index contributed by atoms with van der Waals surface area (Å²) in [6, 6.07) is -0.227. The maximum atomic E-state index is 12.0. The zero-order valence-corrected chi connectivity index (χ0v) is 14.0. The predicted octanol–water partition coefficient (Wildman–Crippen LogP) is 2.18. The van der Waals surface area contributed by atoms with Crippen LogP contribution in [0.15, 0.2) is 6.20 Å². The van der Waals surface area contributed by atoms with Crippen molar-refractivity contribution in [1.29, 1.82) is 0 Å². The first kappa shape index (κ1) is 17.2. The van der Waals surface area contributed by atoms with E-state index in [1.807, 2.05) is 20.8 Å². The highest BCUT2D eigenvalue weighted by Gasteiger charge is 2.40. The first-order valence-electron chi connectivity index (χ1n) is 7.82. The van der Waals surface area contributed by atoms with Crippen molar-refractivity contribution in [3.05, 3.63) is 11.9 Å². The fourth-order valence-electron chi connectivity index (χ4n) is 3.08. The lowest BCUT2D eigenvalue weighted by atomic mass is 9.79. The van der Waals surface area contributed by atoms with Crippen LogP contribution in [0.5, 0.6) is 0 Å². The summed E-state index contributed by atoms with van der Waals surface area (Å²) in [5.41, 5.74) is 0.107. The summed E-state index contributed by atoms with van der Waals surface area (Å²) in [5, 5.41) is 17.3. The number of aromatic nitrogens is 3. The Bertz CT molecular complexity index is 578. The van der Waals surface area contributed by atoms with Gasteiger partial charge in [-0.1, -0.05) is 26.0 Å². The zero-order valence-electron chi connectivity index (χ0n) is 14.0. The lowest BCUT2D eigenvalue weighted by Gasteiger charge is -2.44. The molecule has 1 N–H and O–H groups in total. The average Bonchev–Trinajstić information content (AvgIpc) is 2.95. The molecule has 1 aliphatic heterocycles. The van der Waals surface area contributed by atoms with E-state index in [2.05, 4.69) is 10.3 Å². The Labute approximate surface area is 135 Å². The highest BCUT2D eigenvalue weighted by molar-refractivity contribution is 5.87. The van der Waals surface area contributed by atoms with Gasteiger partial charge in [-0.25, -0.2) is 14.3 Å². The molecule has 2 atom stereocenters. The molecule has 23 heavy (non-hydrogen) atoms. The summed E-state index contributed by atoms with van der Waals surface area (Å²) in [6.45, 7) is 8.49. The van der Waals surface area contributed by atoms with Crippen LogP contribution >= 0.6 is 0 Å². The highest BCUT2D eigenvalue weighted by atomic mass is 16.5. The van der Waals surface area contributed by atoms with Crippen LogP contribution in [0.25, 0.3) is 0 Å². The van der Waals surface area contributed by atoms with E-state index in [1.165, 1.54) is 11.1 Å². The van der Waals surface area contributed by atoms with Crippen molar-refractivity contribution in [3.63, 3.8) is 0 Å². The lowest BCUT2D eigenvalue weighted by molar-refractivity contribution is 0.0364. The van der Waals surface area contributed by atoms with Gasteiger partial charge in [-0.2, -0.15) is 0 Å². The molecular formula is C15H24N4O4. The first-order chi connectivity index (χ1) is 10.8. The quantitative estimate of drug-likeness (QED) is 0.856. The van der Waals surface area contributed by atoms with E-state index in [4.69, 9.17) is 4.74 Å². The molecule has 0 aliphatic carbocycles. The smallest absolute Gasteiger partial charge is 0.407 e. The van der Waals surface area contributed by atoms with Crippen molar-refractivity contribution in [2.24, 2.45) is 5.41 Å². The highest BCUT2D eigenvalue weighted by Crippen LogP contribution is 2.36. The SMILES string of the molecule is CCOC(=O)c1cnnn1C1CCN(C(=O)O)C(C(C)(C)C)C1. The Morgan fingerprint density at radius 3 is 2.70 bits per heavy atom. The second-order valence-electron chi connectivity index (χ2n) is 6.82. The van der Waals surface area contributed by atoms with Crippen molar-refractivity contribution in [3.8, 4) is 0 Å². The zero-order chi connectivity index (χ0) is 17.2. The summed E-state index contributed by atoms with van der Waals surface area (Å²) in [6.07, 6.45) is 1.67. The van der Waals surface area contributed by atoms with Crippen LogP contribution in [0.2, 0.25) is 0 Å². The number of amides is 1. The minimum Gasteiger partial charge on any atom is -0.465 e. The van der Waals surface area contributed by atoms with Crippen LogP contribution in [-0.4, -0.2) is 56.3 Å². The molecule has 8 nitrogen and oxygen atoms in total. The predicted molar refractivity (Wildman–Crippen MR) is 82.2 cm³/mol. The third-order valence-electron chi connectivity index (χ3n) is 4.23. The van der Waals surface area contributed by atoms with Crippen molar-refractivity contribution < 1.29 is 19.4 Å². The summed E-state index contributed by atoms with van der Waals surface area (Å²) in [4.78, 5) is 25.0. The number of rotatable bonds is 3. The number of nitrogens with zero attached hydrogens (tertiary/aromatic N) is 4. The van der Waals surface area contributed by atoms with Gasteiger partial charge in [-0.15, -0.1) is 5.10 Å². The van der Waals surface area contributed by atoms with E-state index >= 15 is 0 Å². The van der Waals surface area contributed by atoms with E-state index < -0.39 is 12.1 Å². The molecule has 1 saturated heterocycles. The second kappa shape index (κ2) is 6.55. The summed E-state index contributed by atoms with van der Waals surface area (Å²) < 4.78 is 6.61. The minimum absolute atomic E-state index is 0.0725. The Kier molecular flexibility index (Phi) is 4.91. The number of likely N-dealkylation sites (tertiary alicyclic amines) is 1. The second-order valence-corrected chi connectivity index (χ2v) is 6.82. The minimum atomic E-state index is -0.910. The maximum absolute atomic E-state index is 12.0. The van der Waals surface area contributed by atoms with Crippen molar-refractivity contribution in [2.45, 2.75) is 52.6 Å². The number of hydrogen-bond donors (Lipinski definition) is 1. The van der Waals surface area contributed by atoms with Gasteiger partial charge >= 0.3 is 12.1 Å². The van der Waals surface area contributed by atoms with Gasteiger partial charge in [0.1, 0.15) is 0 Å². The number of ether oxygens (including phenoxy) is 1. The van der Waals surface area contributed by atoms with Crippen LogP contribution in [0.4, 0.5) is 4.79 Å². The molecule has 1 aromatic heterocycles. The molecular weight excluding hydrogens is 300 g/mol. The van der Waals surface area contributed by atoms with E-state index in [0.29, 0.717) is 25.1 Å². The topological polar surface area (TPSA) is 97.5 Å². The van der Waals surface area contributed by atoms with E-state index in [0.717, 1.165) is 0 Å². The average molecular weight is 324 g/mol. The van der Waals surface area contributed by atoms with Crippen LogP contribution in [-0.2, 0) is 4.74 Å². The molecule has 8 heteroatoms. The van der Waals surface area contributed by atoms with E-state index in [-0.39, 0.29) is 24.1 Å². The van der Waals surface area contributed by atoms with E-state index in [9.17, 15) is 14.7 Å². The normalized spacial score (nSPS) is 22.0. The van der Waals surface area contributed by atoms with Gasteiger partial charge in [0, 0.05) is 12.6 Å². The van der Waals surface area contributed by atoms with Gasteiger partial charge in [0.05, 0.1) is 18.8 Å². The van der Waals surface area contributed by atoms with Crippen molar-refractivity contribution in [1.82, 2.24) is 19.9 Å². The molecule has 2 rings (SSSR count). The van der Waals surface area contributed by atoms with Gasteiger partial charge in [0.2, 0.25) is 0 Å². The summed E-state index contributed by atoms with van der Waals surface area (Å²) in [7, 11) is 0. The maximum Gasteiger partial charge on any atom is 0.407 e. The molecule has 2 unspecified atom stereocenters. The molecule has 0 bridgehead atoms. The van der Waals surface area contributed by atoms with Crippen LogP contribution in [0.1, 0.15) is 57.1 Å². The standard InChI is InChI=1S/C15H24N4O4/c1-5-23-13(20)11-9-16-17-19(11)10-6-7-18(14(21)22)12(8-10)15(2,3)4/h9-10,12H,5-8H2,1-4H3,(H,21,22). The Hall–Kier alpha value is -2.12. The van der Waals surface area contributed by atoms with E-state index in [1.54, 1.807) is 11.6 Å². The molecule has 1 aromatic rings. The largest absolute Gasteiger partial charge is 0.465 e. The third kappa shape index (κ3) is 3.62.